The van der Waals surface area contributed by atoms with Crippen LogP contribution in [-0.2, 0) is 4.74 Å². The summed E-state index contributed by atoms with van der Waals surface area (Å²) in [7, 11) is 1.28. The van der Waals surface area contributed by atoms with Crippen molar-refractivity contribution in [2.24, 2.45) is 0 Å². The Kier molecular flexibility index (Phi) is 5.04. The van der Waals surface area contributed by atoms with E-state index in [4.69, 9.17) is 9.26 Å². The number of carbonyl (C=O) groups is 1. The fraction of sp³-hybridized carbons (Fsp3) is 0.111. The number of nitrogens with one attached hydrogen (secondary N) is 1. The lowest BCUT2D eigenvalue weighted by Crippen LogP contribution is -2.05. The number of esters is 1. The second kappa shape index (κ2) is 7.40. The Balaban J connectivity index is 2.02. The first-order chi connectivity index (χ1) is 12.1. The summed E-state index contributed by atoms with van der Waals surface area (Å²) in [6, 6.07) is 13.3. The quantitative estimate of drug-likeness (QED) is 0.525. The summed E-state index contributed by atoms with van der Waals surface area (Å²) in [5.41, 5.74) is 1.74. The second-order valence-corrected chi connectivity index (χ2v) is 5.97. The lowest BCUT2D eigenvalue weighted by Gasteiger charge is -2.06. The van der Waals surface area contributed by atoms with Gasteiger partial charge >= 0.3 is 5.97 Å². The molecule has 1 N–H and O–H groups in total. The number of thioether (sulfide) groups is 1. The van der Waals surface area contributed by atoms with E-state index in [0.717, 1.165) is 10.6 Å². The highest BCUT2D eigenvalue weighted by Gasteiger charge is 2.25. The zero-order valence-corrected chi connectivity index (χ0v) is 14.4. The average Bonchev–Trinajstić information content (AvgIpc) is 3.05. The first-order valence-electron chi connectivity index (χ1n) is 7.37. The molecule has 0 saturated carbocycles. The fourth-order valence-corrected chi connectivity index (χ4v) is 2.76. The number of halogens is 1. The van der Waals surface area contributed by atoms with Gasteiger partial charge in [-0.2, -0.15) is 0 Å². The summed E-state index contributed by atoms with van der Waals surface area (Å²) in [6.07, 6.45) is 1.97. The molecule has 0 fully saturated rings. The molecule has 0 radical (unpaired) electrons. The molecule has 3 rings (SSSR count). The van der Waals surface area contributed by atoms with Crippen LogP contribution in [0.25, 0.3) is 11.3 Å². The van der Waals surface area contributed by atoms with Gasteiger partial charge in [-0.3, -0.25) is 0 Å². The Morgan fingerprint density at radius 1 is 1.24 bits per heavy atom. The largest absolute Gasteiger partial charge is 0.465 e. The molecule has 0 amide bonds. The van der Waals surface area contributed by atoms with Crippen LogP contribution in [0.5, 0.6) is 0 Å². The highest BCUT2D eigenvalue weighted by Crippen LogP contribution is 2.32. The maximum Gasteiger partial charge on any atom is 0.345 e. The van der Waals surface area contributed by atoms with Gasteiger partial charge in [0.05, 0.1) is 7.11 Å². The van der Waals surface area contributed by atoms with Crippen molar-refractivity contribution in [2.45, 2.75) is 4.90 Å². The third-order valence-electron chi connectivity index (χ3n) is 3.53. The summed E-state index contributed by atoms with van der Waals surface area (Å²) >= 11 is 1.60. The highest BCUT2D eigenvalue weighted by atomic mass is 32.2. The van der Waals surface area contributed by atoms with E-state index < -0.39 is 5.97 Å². The van der Waals surface area contributed by atoms with E-state index in [2.05, 4.69) is 10.5 Å². The lowest BCUT2D eigenvalue weighted by molar-refractivity contribution is 0.0602. The molecule has 3 aromatic rings. The summed E-state index contributed by atoms with van der Waals surface area (Å²) in [4.78, 5) is 13.3. The maximum absolute atomic E-state index is 13.1. The van der Waals surface area contributed by atoms with Crippen LogP contribution in [-0.4, -0.2) is 24.5 Å². The number of rotatable bonds is 5. The Hall–Kier alpha value is -2.80. The Labute approximate surface area is 148 Å². The van der Waals surface area contributed by atoms with Crippen LogP contribution in [0.4, 0.5) is 16.0 Å². The van der Waals surface area contributed by atoms with Crippen molar-refractivity contribution < 1.29 is 18.4 Å². The van der Waals surface area contributed by atoms with Gasteiger partial charge < -0.3 is 14.6 Å². The molecule has 1 heterocycles. The SMILES string of the molecule is COC(=O)c1c(-c2ccc(F)cc2)noc1Nc1cccc(SC)c1. The van der Waals surface area contributed by atoms with E-state index in [1.807, 2.05) is 30.5 Å². The van der Waals surface area contributed by atoms with Gasteiger partial charge in [0, 0.05) is 16.1 Å². The Morgan fingerprint density at radius 3 is 2.68 bits per heavy atom. The summed E-state index contributed by atoms with van der Waals surface area (Å²) in [5, 5.41) is 7.00. The summed E-state index contributed by atoms with van der Waals surface area (Å²) < 4.78 is 23.3. The third kappa shape index (κ3) is 3.66. The molecule has 0 aliphatic rings. The third-order valence-corrected chi connectivity index (χ3v) is 4.25. The van der Waals surface area contributed by atoms with Crippen LogP contribution in [0.2, 0.25) is 0 Å². The van der Waals surface area contributed by atoms with Crippen molar-refractivity contribution in [2.75, 3.05) is 18.7 Å². The van der Waals surface area contributed by atoms with Gasteiger partial charge in [-0.15, -0.1) is 11.8 Å². The van der Waals surface area contributed by atoms with E-state index in [1.54, 1.807) is 11.8 Å². The molecule has 2 aromatic carbocycles. The number of anilines is 2. The molecule has 1 aromatic heterocycles. The second-order valence-electron chi connectivity index (χ2n) is 5.09. The lowest BCUT2D eigenvalue weighted by atomic mass is 10.1. The number of nitrogens with zero attached hydrogens (tertiary/aromatic N) is 1. The predicted octanol–water partition coefficient (Wildman–Crippen LogP) is 4.73. The van der Waals surface area contributed by atoms with Crippen molar-refractivity contribution in [1.82, 2.24) is 5.16 Å². The van der Waals surface area contributed by atoms with Crippen molar-refractivity contribution in [1.29, 1.82) is 0 Å². The van der Waals surface area contributed by atoms with E-state index in [9.17, 15) is 9.18 Å². The normalized spacial score (nSPS) is 10.5. The minimum absolute atomic E-state index is 0.156. The number of benzene rings is 2. The molecule has 128 valence electrons. The van der Waals surface area contributed by atoms with E-state index >= 15 is 0 Å². The van der Waals surface area contributed by atoms with Crippen molar-refractivity contribution in [3.8, 4) is 11.3 Å². The minimum atomic E-state index is -0.593. The molecule has 0 unspecified atom stereocenters. The zero-order chi connectivity index (χ0) is 17.8. The molecule has 0 bridgehead atoms. The van der Waals surface area contributed by atoms with Crippen LogP contribution in [0.15, 0.2) is 57.9 Å². The minimum Gasteiger partial charge on any atom is -0.465 e. The van der Waals surface area contributed by atoms with Crippen LogP contribution >= 0.6 is 11.8 Å². The molecule has 0 spiro atoms. The van der Waals surface area contributed by atoms with E-state index in [-0.39, 0.29) is 23.0 Å². The molecule has 5 nitrogen and oxygen atoms in total. The van der Waals surface area contributed by atoms with Crippen LogP contribution in [0, 0.1) is 5.82 Å². The first kappa shape index (κ1) is 17.0. The topological polar surface area (TPSA) is 64.4 Å². The van der Waals surface area contributed by atoms with E-state index in [1.165, 1.54) is 31.4 Å². The Bertz CT molecular complexity index is 894. The number of methoxy groups -OCH3 is 1. The summed E-state index contributed by atoms with van der Waals surface area (Å²) in [5.74, 6) is -0.799. The molecule has 7 heteroatoms. The monoisotopic (exact) mass is 358 g/mol. The van der Waals surface area contributed by atoms with Crippen molar-refractivity contribution in [3.05, 3.63) is 59.9 Å². The van der Waals surface area contributed by atoms with Crippen molar-refractivity contribution in [3.63, 3.8) is 0 Å². The van der Waals surface area contributed by atoms with Gasteiger partial charge in [0.1, 0.15) is 11.5 Å². The molecule has 0 atom stereocenters. The Morgan fingerprint density at radius 2 is 2.00 bits per heavy atom. The first-order valence-corrected chi connectivity index (χ1v) is 8.60. The molecule has 0 aliphatic heterocycles. The fourth-order valence-electron chi connectivity index (χ4n) is 2.30. The van der Waals surface area contributed by atoms with Gasteiger partial charge in [-0.05, 0) is 48.7 Å². The number of aromatic nitrogens is 1. The number of carbonyl (C=O) groups excluding carboxylic acids is 1. The molecule has 0 saturated heterocycles. The number of hydrogen-bond acceptors (Lipinski definition) is 6. The van der Waals surface area contributed by atoms with E-state index in [0.29, 0.717) is 5.56 Å². The number of hydrogen-bond donors (Lipinski definition) is 1. The molecular weight excluding hydrogens is 343 g/mol. The van der Waals surface area contributed by atoms with Crippen molar-refractivity contribution >= 4 is 29.3 Å². The van der Waals surface area contributed by atoms with Crippen LogP contribution < -0.4 is 5.32 Å². The number of ether oxygens (including phenoxy) is 1. The standard InChI is InChI=1S/C18H15FN2O3S/c1-23-18(22)15-16(11-6-8-12(19)9-7-11)21-24-17(15)20-13-4-3-5-14(10-13)25-2/h3-10,20H,1-2H3. The zero-order valence-electron chi connectivity index (χ0n) is 13.6. The molecule has 25 heavy (non-hydrogen) atoms. The molecule has 0 aliphatic carbocycles. The van der Waals surface area contributed by atoms with Gasteiger partial charge in [-0.25, -0.2) is 9.18 Å². The van der Waals surface area contributed by atoms with Gasteiger partial charge in [-0.1, -0.05) is 11.2 Å². The van der Waals surface area contributed by atoms with Gasteiger partial charge in [0.2, 0.25) is 5.88 Å². The van der Waals surface area contributed by atoms with Crippen LogP contribution in [0.1, 0.15) is 10.4 Å². The van der Waals surface area contributed by atoms with Gasteiger partial charge in [0.15, 0.2) is 5.56 Å². The van der Waals surface area contributed by atoms with Crippen LogP contribution in [0.3, 0.4) is 0 Å². The molecular formula is C18H15FN2O3S. The summed E-state index contributed by atoms with van der Waals surface area (Å²) in [6.45, 7) is 0. The highest BCUT2D eigenvalue weighted by molar-refractivity contribution is 7.98. The average molecular weight is 358 g/mol. The maximum atomic E-state index is 13.1. The van der Waals surface area contributed by atoms with Gasteiger partial charge in [0.25, 0.3) is 0 Å². The smallest absolute Gasteiger partial charge is 0.345 e. The predicted molar refractivity (Wildman–Crippen MR) is 94.7 cm³/mol.